The average Bonchev–Trinajstić information content (AvgIpc) is 2.82. The minimum Gasteiger partial charge on any atom is -0.496 e. The second kappa shape index (κ2) is 5.50. The Morgan fingerprint density at radius 2 is 2.28 bits per heavy atom. The molecular weight excluding hydrogens is 275 g/mol. The number of carbonyl (C=O) groups is 1. The number of hydrogen-bond donors (Lipinski definition) is 0. The summed E-state index contributed by atoms with van der Waals surface area (Å²) in [5, 5.41) is 2.00. The van der Waals surface area contributed by atoms with Crippen molar-refractivity contribution in [3.8, 4) is 5.75 Å². The predicted molar refractivity (Wildman–Crippen MR) is 70.3 cm³/mol. The predicted octanol–water partition coefficient (Wildman–Crippen LogP) is 3.97. The number of rotatable bonds is 4. The first kappa shape index (κ1) is 13.1. The molecule has 0 amide bonds. The number of methoxy groups -OCH3 is 1. The van der Waals surface area contributed by atoms with Gasteiger partial charge in [0.15, 0.2) is 5.78 Å². The molecule has 0 atom stereocenters. The van der Waals surface area contributed by atoms with E-state index in [4.69, 9.17) is 16.3 Å². The van der Waals surface area contributed by atoms with E-state index in [-0.39, 0.29) is 22.8 Å². The van der Waals surface area contributed by atoms with Gasteiger partial charge in [0.05, 0.1) is 12.0 Å². The Hall–Kier alpha value is -1.39. The lowest BCUT2D eigenvalue weighted by Gasteiger charge is -2.03. The molecule has 1 heterocycles. The second-order valence-electron chi connectivity index (χ2n) is 3.65. The van der Waals surface area contributed by atoms with Crippen LogP contribution in [0.3, 0.4) is 0 Å². The summed E-state index contributed by atoms with van der Waals surface area (Å²) in [5.41, 5.74) is 0.233. The number of Topliss-reactive ketones (excluding diaryl/α,β-unsaturated/α-hetero) is 1. The van der Waals surface area contributed by atoms with Crippen LogP contribution in [0.15, 0.2) is 29.6 Å². The van der Waals surface area contributed by atoms with Crippen LogP contribution >= 0.6 is 22.9 Å². The van der Waals surface area contributed by atoms with Gasteiger partial charge in [0, 0.05) is 28.5 Å². The molecule has 0 saturated heterocycles. The van der Waals surface area contributed by atoms with Crippen LogP contribution in [0.5, 0.6) is 5.75 Å². The Morgan fingerprint density at radius 3 is 2.89 bits per heavy atom. The van der Waals surface area contributed by atoms with E-state index in [1.807, 2.05) is 0 Å². The minimum absolute atomic E-state index is 0.0465. The molecule has 0 N–H and O–H groups in total. The van der Waals surface area contributed by atoms with Gasteiger partial charge in [-0.3, -0.25) is 4.79 Å². The summed E-state index contributed by atoms with van der Waals surface area (Å²) in [6, 6.07) is 6.02. The van der Waals surface area contributed by atoms with Crippen LogP contribution in [-0.2, 0) is 6.42 Å². The lowest BCUT2D eigenvalue weighted by atomic mass is 10.1. The maximum Gasteiger partial charge on any atom is 0.177 e. The zero-order chi connectivity index (χ0) is 13.1. The molecular formula is C13H10ClFO2S. The topological polar surface area (TPSA) is 26.3 Å². The number of carbonyl (C=O) groups excluding carboxylic acids is 1. The van der Waals surface area contributed by atoms with Crippen LogP contribution < -0.4 is 4.74 Å². The highest BCUT2D eigenvalue weighted by atomic mass is 35.5. The third kappa shape index (κ3) is 2.71. The van der Waals surface area contributed by atoms with Gasteiger partial charge in [-0.2, -0.15) is 0 Å². The van der Waals surface area contributed by atoms with E-state index in [1.54, 1.807) is 17.5 Å². The van der Waals surface area contributed by atoms with Gasteiger partial charge >= 0.3 is 0 Å². The van der Waals surface area contributed by atoms with Crippen molar-refractivity contribution in [2.75, 3.05) is 7.11 Å². The maximum absolute atomic E-state index is 13.5. The van der Waals surface area contributed by atoms with E-state index >= 15 is 0 Å². The highest BCUT2D eigenvalue weighted by Crippen LogP contribution is 2.25. The quantitative estimate of drug-likeness (QED) is 0.794. The third-order valence-electron chi connectivity index (χ3n) is 2.48. The van der Waals surface area contributed by atoms with Crippen molar-refractivity contribution >= 4 is 28.7 Å². The standard InChI is InChI=1S/C13H10ClFO2S/c1-17-8-5-13(18-7-8)12(16)6-9-10(14)3-2-4-11(9)15/h2-5,7H,6H2,1H3. The van der Waals surface area contributed by atoms with Gasteiger partial charge in [0.1, 0.15) is 11.6 Å². The molecule has 2 nitrogen and oxygen atoms in total. The fraction of sp³-hybridized carbons (Fsp3) is 0.154. The van der Waals surface area contributed by atoms with Crippen molar-refractivity contribution < 1.29 is 13.9 Å². The molecule has 0 aliphatic rings. The van der Waals surface area contributed by atoms with Gasteiger partial charge in [-0.15, -0.1) is 11.3 Å². The van der Waals surface area contributed by atoms with Gasteiger partial charge in [0.2, 0.25) is 0 Å². The molecule has 94 valence electrons. The SMILES string of the molecule is COc1csc(C(=O)Cc2c(F)cccc2Cl)c1. The summed E-state index contributed by atoms with van der Waals surface area (Å²) in [7, 11) is 1.53. The number of thiophene rings is 1. The third-order valence-corrected chi connectivity index (χ3v) is 3.79. The van der Waals surface area contributed by atoms with E-state index in [1.165, 1.54) is 30.6 Å². The molecule has 0 unspecified atom stereocenters. The molecule has 2 rings (SSSR count). The van der Waals surface area contributed by atoms with Crippen molar-refractivity contribution in [3.63, 3.8) is 0 Å². The van der Waals surface area contributed by atoms with Crippen LogP contribution in [0.2, 0.25) is 5.02 Å². The van der Waals surface area contributed by atoms with Crippen molar-refractivity contribution in [1.29, 1.82) is 0 Å². The number of hydrogen-bond acceptors (Lipinski definition) is 3. The zero-order valence-corrected chi connectivity index (χ0v) is 11.1. The summed E-state index contributed by atoms with van der Waals surface area (Å²) in [6.07, 6.45) is -0.0465. The van der Waals surface area contributed by atoms with Gasteiger partial charge in [0.25, 0.3) is 0 Å². The van der Waals surface area contributed by atoms with E-state index in [0.29, 0.717) is 10.6 Å². The fourth-order valence-electron chi connectivity index (χ4n) is 1.52. The largest absolute Gasteiger partial charge is 0.496 e. The lowest BCUT2D eigenvalue weighted by Crippen LogP contribution is -2.04. The Bertz CT molecular complexity index is 560. The Kier molecular flexibility index (Phi) is 3.99. The first-order valence-corrected chi connectivity index (χ1v) is 6.46. The normalized spacial score (nSPS) is 10.4. The van der Waals surface area contributed by atoms with E-state index in [9.17, 15) is 9.18 Å². The fourth-order valence-corrected chi connectivity index (χ4v) is 2.55. The summed E-state index contributed by atoms with van der Waals surface area (Å²) >= 11 is 7.15. The van der Waals surface area contributed by atoms with Crippen LogP contribution in [0.1, 0.15) is 15.2 Å². The van der Waals surface area contributed by atoms with Gasteiger partial charge < -0.3 is 4.74 Å². The van der Waals surface area contributed by atoms with Crippen molar-refractivity contribution in [3.05, 3.63) is 50.9 Å². The van der Waals surface area contributed by atoms with Crippen molar-refractivity contribution in [2.45, 2.75) is 6.42 Å². The summed E-state index contributed by atoms with van der Waals surface area (Å²) in [4.78, 5) is 12.5. The Balaban J connectivity index is 2.21. The average molecular weight is 285 g/mol. The Labute approximate surface area is 113 Å². The van der Waals surface area contributed by atoms with Gasteiger partial charge in [-0.1, -0.05) is 17.7 Å². The monoisotopic (exact) mass is 284 g/mol. The second-order valence-corrected chi connectivity index (χ2v) is 4.97. The van der Waals surface area contributed by atoms with Crippen LogP contribution in [0.4, 0.5) is 4.39 Å². The van der Waals surface area contributed by atoms with Crippen LogP contribution in [-0.4, -0.2) is 12.9 Å². The highest BCUT2D eigenvalue weighted by molar-refractivity contribution is 7.12. The molecule has 0 fully saturated rings. The number of ether oxygens (including phenoxy) is 1. The Morgan fingerprint density at radius 1 is 1.50 bits per heavy atom. The smallest absolute Gasteiger partial charge is 0.177 e. The molecule has 5 heteroatoms. The molecule has 0 spiro atoms. The van der Waals surface area contributed by atoms with E-state index < -0.39 is 5.82 Å². The van der Waals surface area contributed by atoms with Crippen molar-refractivity contribution in [1.82, 2.24) is 0 Å². The lowest BCUT2D eigenvalue weighted by molar-refractivity contribution is 0.0995. The number of ketones is 1. The molecule has 0 radical (unpaired) electrons. The maximum atomic E-state index is 13.5. The molecule has 0 bridgehead atoms. The molecule has 0 aliphatic carbocycles. The van der Waals surface area contributed by atoms with Crippen LogP contribution in [0, 0.1) is 5.82 Å². The summed E-state index contributed by atoms with van der Waals surface area (Å²) < 4.78 is 18.5. The number of halogens is 2. The molecule has 0 saturated carbocycles. The molecule has 2 aromatic rings. The van der Waals surface area contributed by atoms with Crippen molar-refractivity contribution in [2.24, 2.45) is 0 Å². The summed E-state index contributed by atoms with van der Waals surface area (Å²) in [6.45, 7) is 0. The molecule has 0 aliphatic heterocycles. The number of benzene rings is 1. The first-order chi connectivity index (χ1) is 8.61. The highest BCUT2D eigenvalue weighted by Gasteiger charge is 2.15. The minimum atomic E-state index is -0.459. The first-order valence-electron chi connectivity index (χ1n) is 5.20. The summed E-state index contributed by atoms with van der Waals surface area (Å²) in [5.74, 6) is -0.00217. The molecule has 1 aromatic carbocycles. The van der Waals surface area contributed by atoms with Gasteiger partial charge in [-0.05, 0) is 12.1 Å². The van der Waals surface area contributed by atoms with E-state index in [2.05, 4.69) is 0 Å². The van der Waals surface area contributed by atoms with Gasteiger partial charge in [-0.25, -0.2) is 4.39 Å². The van der Waals surface area contributed by atoms with E-state index in [0.717, 1.165) is 0 Å². The zero-order valence-electron chi connectivity index (χ0n) is 9.57. The van der Waals surface area contributed by atoms with Crippen LogP contribution in [0.25, 0.3) is 0 Å². The molecule has 18 heavy (non-hydrogen) atoms. The molecule has 1 aromatic heterocycles.